The lowest BCUT2D eigenvalue weighted by Crippen LogP contribution is -2.45. The Balaban J connectivity index is 2.56. The van der Waals surface area contributed by atoms with E-state index < -0.39 is 17.9 Å². The number of amides is 2. The van der Waals surface area contributed by atoms with E-state index in [1.165, 1.54) is 12.1 Å². The Hall–Kier alpha value is -1.89. The van der Waals surface area contributed by atoms with Gasteiger partial charge < -0.3 is 15.7 Å². The topological polar surface area (TPSA) is 95.5 Å². The smallest absolute Gasteiger partial charge is 0.345 e. The fraction of sp³-hybridized carbons (Fsp3) is 0.462. The first-order chi connectivity index (χ1) is 9.31. The van der Waals surface area contributed by atoms with Gasteiger partial charge in [0.05, 0.1) is 4.88 Å². The summed E-state index contributed by atoms with van der Waals surface area (Å²) < 4.78 is 0. The van der Waals surface area contributed by atoms with Gasteiger partial charge in [0.15, 0.2) is 0 Å². The van der Waals surface area contributed by atoms with Crippen molar-refractivity contribution in [1.82, 2.24) is 10.6 Å². The summed E-state index contributed by atoms with van der Waals surface area (Å²) in [7, 11) is 0. The van der Waals surface area contributed by atoms with Crippen molar-refractivity contribution in [1.29, 1.82) is 0 Å². The highest BCUT2D eigenvalue weighted by Crippen LogP contribution is 2.16. The van der Waals surface area contributed by atoms with E-state index >= 15 is 0 Å². The molecule has 110 valence electrons. The molecule has 3 N–H and O–H groups in total. The lowest BCUT2D eigenvalue weighted by atomic mass is 10.2. The van der Waals surface area contributed by atoms with Crippen LogP contribution in [0.1, 0.15) is 40.1 Å². The molecule has 0 aliphatic rings. The summed E-state index contributed by atoms with van der Waals surface area (Å²) >= 11 is 0.878. The van der Waals surface area contributed by atoms with Gasteiger partial charge in [-0.1, -0.05) is 13.8 Å². The second-order valence-corrected chi connectivity index (χ2v) is 5.89. The monoisotopic (exact) mass is 298 g/mol. The minimum atomic E-state index is -1.07. The van der Waals surface area contributed by atoms with Gasteiger partial charge in [0.25, 0.3) is 5.91 Å². The summed E-state index contributed by atoms with van der Waals surface area (Å²) in [6.07, 6.45) is 0. The number of thiophene rings is 1. The van der Waals surface area contributed by atoms with Crippen molar-refractivity contribution in [2.75, 3.05) is 6.54 Å². The molecule has 0 aliphatic carbocycles. The van der Waals surface area contributed by atoms with Gasteiger partial charge in [-0.2, -0.15) is 0 Å². The van der Waals surface area contributed by atoms with Gasteiger partial charge >= 0.3 is 5.97 Å². The highest BCUT2D eigenvalue weighted by atomic mass is 32.1. The molecule has 2 amide bonds. The highest BCUT2D eigenvalue weighted by molar-refractivity contribution is 7.15. The van der Waals surface area contributed by atoms with E-state index in [1.54, 1.807) is 6.92 Å². The summed E-state index contributed by atoms with van der Waals surface area (Å²) in [6.45, 7) is 6.08. The average molecular weight is 298 g/mol. The van der Waals surface area contributed by atoms with E-state index in [-0.39, 0.29) is 15.7 Å². The quantitative estimate of drug-likeness (QED) is 0.738. The SMILES string of the molecule is CC(C)CNC(=O)C(C)NC(=O)c1ccc(C(=O)O)s1. The number of rotatable bonds is 6. The van der Waals surface area contributed by atoms with E-state index in [0.717, 1.165) is 11.3 Å². The molecule has 0 aromatic carbocycles. The van der Waals surface area contributed by atoms with Crippen LogP contribution in [0.4, 0.5) is 0 Å². The largest absolute Gasteiger partial charge is 0.477 e. The summed E-state index contributed by atoms with van der Waals surface area (Å²) in [5.74, 6) is -1.45. The van der Waals surface area contributed by atoms with Crippen molar-refractivity contribution < 1.29 is 19.5 Å². The van der Waals surface area contributed by atoms with Gasteiger partial charge in [-0.05, 0) is 25.0 Å². The summed E-state index contributed by atoms with van der Waals surface area (Å²) in [4.78, 5) is 34.7. The lowest BCUT2D eigenvalue weighted by Gasteiger charge is -2.14. The lowest BCUT2D eigenvalue weighted by molar-refractivity contribution is -0.122. The molecule has 0 aliphatic heterocycles. The van der Waals surface area contributed by atoms with Gasteiger partial charge in [0, 0.05) is 6.54 Å². The van der Waals surface area contributed by atoms with Crippen molar-refractivity contribution in [3.63, 3.8) is 0 Å². The molecule has 1 aromatic heterocycles. The number of carbonyl (C=O) groups excluding carboxylic acids is 2. The van der Waals surface area contributed by atoms with Gasteiger partial charge in [-0.25, -0.2) is 4.79 Å². The molecule has 7 heteroatoms. The number of aromatic carboxylic acids is 1. The highest BCUT2D eigenvalue weighted by Gasteiger charge is 2.18. The molecular weight excluding hydrogens is 280 g/mol. The van der Waals surface area contributed by atoms with Crippen LogP contribution in [0.15, 0.2) is 12.1 Å². The summed E-state index contributed by atoms with van der Waals surface area (Å²) in [5, 5.41) is 14.0. The number of carboxylic acids is 1. The number of hydrogen-bond donors (Lipinski definition) is 3. The molecule has 0 bridgehead atoms. The van der Waals surface area contributed by atoms with Gasteiger partial charge in [-0.15, -0.1) is 11.3 Å². The first kappa shape index (κ1) is 16.2. The normalized spacial score (nSPS) is 12.0. The predicted octanol–water partition coefficient (Wildman–Crippen LogP) is 1.34. The third-order valence-electron chi connectivity index (χ3n) is 2.47. The van der Waals surface area contributed by atoms with Gasteiger partial charge in [0.1, 0.15) is 10.9 Å². The summed E-state index contributed by atoms with van der Waals surface area (Å²) in [5.41, 5.74) is 0. The third kappa shape index (κ3) is 4.65. The molecule has 0 spiro atoms. The van der Waals surface area contributed by atoms with E-state index in [4.69, 9.17) is 5.11 Å². The fourth-order valence-corrected chi connectivity index (χ4v) is 2.11. The van der Waals surface area contributed by atoms with E-state index in [0.29, 0.717) is 12.5 Å². The average Bonchev–Trinajstić information content (AvgIpc) is 2.85. The Kier molecular flexibility index (Phi) is 5.69. The second-order valence-electron chi connectivity index (χ2n) is 4.80. The number of carbonyl (C=O) groups is 3. The predicted molar refractivity (Wildman–Crippen MR) is 76.1 cm³/mol. The van der Waals surface area contributed by atoms with Crippen molar-refractivity contribution in [3.8, 4) is 0 Å². The van der Waals surface area contributed by atoms with Crippen molar-refractivity contribution in [2.24, 2.45) is 5.92 Å². The molecule has 0 saturated heterocycles. The number of nitrogens with one attached hydrogen (secondary N) is 2. The van der Waals surface area contributed by atoms with Crippen molar-refractivity contribution in [3.05, 3.63) is 21.9 Å². The van der Waals surface area contributed by atoms with Crippen molar-refractivity contribution >= 4 is 29.1 Å². The Morgan fingerprint density at radius 2 is 1.80 bits per heavy atom. The maximum atomic E-state index is 11.9. The Labute approximate surface area is 121 Å². The molecule has 20 heavy (non-hydrogen) atoms. The maximum absolute atomic E-state index is 11.9. The standard InChI is InChI=1S/C13H18N2O4S/c1-7(2)6-14-11(16)8(3)15-12(17)9-4-5-10(20-9)13(18)19/h4-5,7-8H,6H2,1-3H3,(H,14,16)(H,15,17)(H,18,19). The zero-order chi connectivity index (χ0) is 15.3. The fourth-order valence-electron chi connectivity index (χ4n) is 1.37. The van der Waals surface area contributed by atoms with Crippen LogP contribution in [0.25, 0.3) is 0 Å². The van der Waals surface area contributed by atoms with Gasteiger partial charge in [-0.3, -0.25) is 9.59 Å². The molecule has 1 atom stereocenters. The van der Waals surface area contributed by atoms with Crippen LogP contribution < -0.4 is 10.6 Å². The van der Waals surface area contributed by atoms with Crippen LogP contribution in [0.5, 0.6) is 0 Å². The summed E-state index contributed by atoms with van der Waals surface area (Å²) in [6, 6.07) is 2.13. The molecular formula is C13H18N2O4S. The molecule has 0 radical (unpaired) electrons. The molecule has 1 rings (SSSR count). The Morgan fingerprint density at radius 3 is 2.30 bits per heavy atom. The molecule has 0 saturated carbocycles. The number of hydrogen-bond acceptors (Lipinski definition) is 4. The van der Waals surface area contributed by atoms with Crippen LogP contribution >= 0.6 is 11.3 Å². The Bertz CT molecular complexity index is 510. The van der Waals surface area contributed by atoms with Crippen molar-refractivity contribution in [2.45, 2.75) is 26.8 Å². The number of carboxylic acid groups (broad SMARTS) is 1. The molecule has 1 unspecified atom stereocenters. The minimum absolute atomic E-state index is 0.0899. The van der Waals surface area contributed by atoms with Gasteiger partial charge in [0.2, 0.25) is 5.91 Å². The molecule has 1 aromatic rings. The minimum Gasteiger partial charge on any atom is -0.477 e. The van der Waals surface area contributed by atoms with Crippen LogP contribution in [0.3, 0.4) is 0 Å². The maximum Gasteiger partial charge on any atom is 0.345 e. The zero-order valence-corrected chi connectivity index (χ0v) is 12.4. The Morgan fingerprint density at radius 1 is 1.20 bits per heavy atom. The third-order valence-corrected chi connectivity index (χ3v) is 3.54. The van der Waals surface area contributed by atoms with Crippen LogP contribution in [0.2, 0.25) is 0 Å². The van der Waals surface area contributed by atoms with E-state index in [9.17, 15) is 14.4 Å². The van der Waals surface area contributed by atoms with E-state index in [1.807, 2.05) is 13.8 Å². The first-order valence-corrected chi connectivity index (χ1v) is 7.04. The molecule has 1 heterocycles. The van der Waals surface area contributed by atoms with Crippen LogP contribution in [-0.2, 0) is 4.79 Å². The first-order valence-electron chi connectivity index (χ1n) is 6.23. The molecule has 6 nitrogen and oxygen atoms in total. The van der Waals surface area contributed by atoms with E-state index in [2.05, 4.69) is 10.6 Å². The second kappa shape index (κ2) is 7.04. The molecule has 0 fully saturated rings. The van der Waals surface area contributed by atoms with Crippen LogP contribution in [-0.4, -0.2) is 35.5 Å². The zero-order valence-electron chi connectivity index (χ0n) is 11.6. The van der Waals surface area contributed by atoms with Crippen LogP contribution in [0, 0.1) is 5.92 Å².